The molecule has 5 heteroatoms. The van der Waals surface area contributed by atoms with Gasteiger partial charge >= 0.3 is 9.53 Å². The number of nitrogens with two attached hydrogens (primary N) is 1. The van der Waals surface area contributed by atoms with Crippen LogP contribution in [0, 0.1) is 0 Å². The molecular weight excluding hydrogens is 198 g/mol. The molecule has 1 aromatic carbocycles. The number of nitrogen functional groups attached to an aromatic ring is 1. The van der Waals surface area contributed by atoms with Crippen LogP contribution in [-0.2, 0) is 19.9 Å². The minimum absolute atomic E-state index is 0.419. The third-order valence-electron chi connectivity index (χ3n) is 1.73. The molecule has 0 saturated heterocycles. The maximum absolute atomic E-state index is 5.74. The predicted octanol–water partition coefficient (Wildman–Crippen LogP) is 1.06. The standard InChI is InChI=1S/C9H14NO3Si/c1-11-14(12-2)13-7-8-5-3-4-6-9(8)10/h3-6H,7,10H2,1-2H3. The Morgan fingerprint density at radius 2 is 1.86 bits per heavy atom. The van der Waals surface area contributed by atoms with Gasteiger partial charge in [-0.15, -0.1) is 0 Å². The molecule has 0 fully saturated rings. The highest BCUT2D eigenvalue weighted by Gasteiger charge is 2.15. The quantitative estimate of drug-likeness (QED) is 0.586. The Morgan fingerprint density at radius 1 is 1.21 bits per heavy atom. The van der Waals surface area contributed by atoms with Crippen molar-refractivity contribution >= 4 is 15.2 Å². The van der Waals surface area contributed by atoms with Gasteiger partial charge in [-0.05, 0) is 11.6 Å². The summed E-state index contributed by atoms with van der Waals surface area (Å²) in [5.41, 5.74) is 7.41. The van der Waals surface area contributed by atoms with Crippen LogP contribution in [0.1, 0.15) is 5.56 Å². The summed E-state index contributed by atoms with van der Waals surface area (Å²) in [6.07, 6.45) is 0. The van der Waals surface area contributed by atoms with Crippen LogP contribution in [0.5, 0.6) is 0 Å². The molecule has 0 spiro atoms. The lowest BCUT2D eigenvalue weighted by atomic mass is 10.2. The minimum Gasteiger partial charge on any atom is -0.398 e. The third kappa shape index (κ3) is 3.11. The van der Waals surface area contributed by atoms with E-state index in [4.69, 9.17) is 19.0 Å². The van der Waals surface area contributed by atoms with E-state index in [0.717, 1.165) is 11.3 Å². The van der Waals surface area contributed by atoms with Crippen molar-refractivity contribution < 1.29 is 13.3 Å². The van der Waals surface area contributed by atoms with Gasteiger partial charge in [0.15, 0.2) is 0 Å². The highest BCUT2D eigenvalue weighted by atomic mass is 28.3. The first-order valence-electron chi connectivity index (χ1n) is 4.19. The van der Waals surface area contributed by atoms with E-state index in [0.29, 0.717) is 6.61 Å². The van der Waals surface area contributed by atoms with Crippen molar-refractivity contribution in [1.29, 1.82) is 0 Å². The molecule has 0 aliphatic heterocycles. The first-order chi connectivity index (χ1) is 6.77. The number of hydrogen-bond donors (Lipinski definition) is 1. The van der Waals surface area contributed by atoms with Crippen molar-refractivity contribution in [3.8, 4) is 0 Å². The van der Waals surface area contributed by atoms with Crippen molar-refractivity contribution in [3.63, 3.8) is 0 Å². The average Bonchev–Trinajstić information content (AvgIpc) is 2.22. The number of anilines is 1. The molecule has 2 N–H and O–H groups in total. The van der Waals surface area contributed by atoms with Gasteiger partial charge < -0.3 is 19.0 Å². The molecule has 0 atom stereocenters. The van der Waals surface area contributed by atoms with E-state index in [-0.39, 0.29) is 0 Å². The highest BCUT2D eigenvalue weighted by Crippen LogP contribution is 2.11. The van der Waals surface area contributed by atoms with Crippen LogP contribution >= 0.6 is 0 Å². The Labute approximate surface area is 85.6 Å². The second-order valence-corrected chi connectivity index (χ2v) is 4.25. The maximum Gasteiger partial charge on any atom is 0.577 e. The van der Waals surface area contributed by atoms with Gasteiger partial charge in [-0.1, -0.05) is 18.2 Å². The summed E-state index contributed by atoms with van der Waals surface area (Å²) >= 11 is 0. The Kier molecular flexibility index (Phi) is 4.61. The predicted molar refractivity (Wildman–Crippen MR) is 55.4 cm³/mol. The van der Waals surface area contributed by atoms with Gasteiger partial charge in [-0.2, -0.15) is 0 Å². The van der Waals surface area contributed by atoms with Crippen LogP contribution in [0.25, 0.3) is 0 Å². The third-order valence-corrected chi connectivity index (χ3v) is 2.78. The molecular formula is C9H14NO3Si. The molecule has 14 heavy (non-hydrogen) atoms. The van der Waals surface area contributed by atoms with Gasteiger partial charge in [-0.3, -0.25) is 0 Å². The zero-order chi connectivity index (χ0) is 10.4. The van der Waals surface area contributed by atoms with E-state index in [1.807, 2.05) is 24.3 Å². The van der Waals surface area contributed by atoms with Gasteiger partial charge in [0.1, 0.15) is 0 Å². The molecule has 0 bridgehead atoms. The molecule has 4 nitrogen and oxygen atoms in total. The zero-order valence-electron chi connectivity index (χ0n) is 8.32. The second kappa shape index (κ2) is 5.76. The molecule has 0 amide bonds. The number of para-hydroxylation sites is 1. The van der Waals surface area contributed by atoms with Crippen molar-refractivity contribution in [2.24, 2.45) is 0 Å². The van der Waals surface area contributed by atoms with Crippen LogP contribution in [0.3, 0.4) is 0 Å². The Hall–Kier alpha value is -0.883. The summed E-state index contributed by atoms with van der Waals surface area (Å²) in [5, 5.41) is 0. The summed E-state index contributed by atoms with van der Waals surface area (Å²) in [4.78, 5) is 0. The number of rotatable bonds is 5. The van der Waals surface area contributed by atoms with Crippen LogP contribution < -0.4 is 5.73 Å². The lowest BCUT2D eigenvalue weighted by Crippen LogP contribution is -2.23. The fourth-order valence-electron chi connectivity index (χ4n) is 1.00. The Balaban J connectivity index is 2.49. The average molecular weight is 212 g/mol. The molecule has 1 radical (unpaired) electrons. The monoisotopic (exact) mass is 212 g/mol. The molecule has 1 rings (SSSR count). The molecule has 0 aliphatic carbocycles. The van der Waals surface area contributed by atoms with E-state index in [1.54, 1.807) is 14.2 Å². The molecule has 0 unspecified atom stereocenters. The van der Waals surface area contributed by atoms with E-state index in [9.17, 15) is 0 Å². The lowest BCUT2D eigenvalue weighted by molar-refractivity contribution is 0.128. The summed E-state index contributed by atoms with van der Waals surface area (Å²) < 4.78 is 15.3. The first kappa shape index (κ1) is 11.2. The van der Waals surface area contributed by atoms with E-state index < -0.39 is 9.53 Å². The molecule has 0 aliphatic rings. The van der Waals surface area contributed by atoms with Gasteiger partial charge in [0.05, 0.1) is 6.61 Å². The fourth-order valence-corrected chi connectivity index (χ4v) is 1.68. The minimum atomic E-state index is -1.59. The van der Waals surface area contributed by atoms with Gasteiger partial charge in [0.25, 0.3) is 0 Å². The van der Waals surface area contributed by atoms with E-state index in [1.165, 1.54) is 0 Å². The second-order valence-electron chi connectivity index (χ2n) is 2.65. The highest BCUT2D eigenvalue weighted by molar-refractivity contribution is 6.36. The van der Waals surface area contributed by atoms with Crippen molar-refractivity contribution in [1.82, 2.24) is 0 Å². The Morgan fingerprint density at radius 3 is 2.43 bits per heavy atom. The maximum atomic E-state index is 5.74. The van der Waals surface area contributed by atoms with Crippen LogP contribution in [0.4, 0.5) is 5.69 Å². The van der Waals surface area contributed by atoms with Gasteiger partial charge in [-0.25, -0.2) is 0 Å². The van der Waals surface area contributed by atoms with Gasteiger partial charge in [0.2, 0.25) is 0 Å². The summed E-state index contributed by atoms with van der Waals surface area (Å²) in [5.74, 6) is 0. The van der Waals surface area contributed by atoms with Gasteiger partial charge in [0, 0.05) is 19.9 Å². The first-order valence-corrected chi connectivity index (χ1v) is 5.41. The number of hydrogen-bond acceptors (Lipinski definition) is 4. The summed E-state index contributed by atoms with van der Waals surface area (Å²) in [6.45, 7) is 0.419. The fraction of sp³-hybridized carbons (Fsp3) is 0.333. The zero-order valence-corrected chi connectivity index (χ0v) is 9.32. The lowest BCUT2D eigenvalue weighted by Gasteiger charge is -2.10. The largest absolute Gasteiger partial charge is 0.577 e. The molecule has 1 aromatic rings. The van der Waals surface area contributed by atoms with Crippen LogP contribution in [-0.4, -0.2) is 23.7 Å². The molecule has 0 saturated carbocycles. The summed E-state index contributed by atoms with van der Waals surface area (Å²) in [6, 6.07) is 7.56. The van der Waals surface area contributed by atoms with Crippen molar-refractivity contribution in [2.75, 3.05) is 20.0 Å². The summed E-state index contributed by atoms with van der Waals surface area (Å²) in [7, 11) is 1.53. The van der Waals surface area contributed by atoms with Crippen molar-refractivity contribution in [3.05, 3.63) is 29.8 Å². The SMILES string of the molecule is CO[Si](OC)OCc1ccccc1N. The van der Waals surface area contributed by atoms with Crippen molar-refractivity contribution in [2.45, 2.75) is 6.61 Å². The smallest absolute Gasteiger partial charge is 0.398 e. The van der Waals surface area contributed by atoms with Crippen LogP contribution in [0.2, 0.25) is 0 Å². The molecule has 0 heterocycles. The number of benzene rings is 1. The van der Waals surface area contributed by atoms with E-state index in [2.05, 4.69) is 0 Å². The van der Waals surface area contributed by atoms with Crippen LogP contribution in [0.15, 0.2) is 24.3 Å². The normalized spacial score (nSPS) is 10.8. The van der Waals surface area contributed by atoms with E-state index >= 15 is 0 Å². The topological polar surface area (TPSA) is 53.7 Å². The molecule has 0 aromatic heterocycles. The molecule has 77 valence electrons. The Bertz CT molecular complexity index is 279.